The lowest BCUT2D eigenvalue weighted by atomic mass is 10.2. The summed E-state index contributed by atoms with van der Waals surface area (Å²) >= 11 is 1.32. The van der Waals surface area contributed by atoms with Crippen LogP contribution in [0.1, 0.15) is 12.0 Å². The maximum atomic E-state index is 12.2. The first-order chi connectivity index (χ1) is 11.5. The zero-order chi connectivity index (χ0) is 17.9. The van der Waals surface area contributed by atoms with Gasteiger partial charge in [0.05, 0.1) is 26.4 Å². The van der Waals surface area contributed by atoms with Gasteiger partial charge in [0.2, 0.25) is 5.91 Å². The van der Waals surface area contributed by atoms with Crippen molar-refractivity contribution in [3.05, 3.63) is 23.8 Å². The summed E-state index contributed by atoms with van der Waals surface area (Å²) in [6, 6.07) is 4.44. The Bertz CT molecular complexity index is 557. The molecule has 1 rings (SSSR count). The summed E-state index contributed by atoms with van der Waals surface area (Å²) in [6.45, 7) is -2.71. The molecule has 1 aromatic rings. The van der Waals surface area contributed by atoms with Gasteiger partial charge in [-0.25, -0.2) is 0 Å². The maximum absolute atomic E-state index is 12.2. The molecule has 1 N–H and O–H groups in total. The molecular weight excluding hydrogens is 344 g/mol. The van der Waals surface area contributed by atoms with Gasteiger partial charge in [-0.05, 0) is 17.7 Å². The number of carbonyl (C=O) groups excluding carboxylic acids is 2. The van der Waals surface area contributed by atoms with E-state index < -0.39 is 6.61 Å². The molecule has 1 amide bonds. The fourth-order valence-electron chi connectivity index (χ4n) is 1.69. The molecule has 0 saturated heterocycles. The van der Waals surface area contributed by atoms with Crippen LogP contribution in [-0.2, 0) is 20.9 Å². The van der Waals surface area contributed by atoms with Gasteiger partial charge in [-0.1, -0.05) is 6.07 Å². The van der Waals surface area contributed by atoms with E-state index in [1.807, 2.05) is 0 Å². The summed E-state index contributed by atoms with van der Waals surface area (Å²) in [5.41, 5.74) is 0.682. The lowest BCUT2D eigenvalue weighted by Gasteiger charge is -2.12. The van der Waals surface area contributed by atoms with Crippen LogP contribution in [-0.4, -0.2) is 44.2 Å². The van der Waals surface area contributed by atoms with Gasteiger partial charge in [-0.15, -0.1) is 0 Å². The summed E-state index contributed by atoms with van der Waals surface area (Å²) in [6.07, 6.45) is 0.247. The summed E-state index contributed by atoms with van der Waals surface area (Å²) < 4.78 is 38.3. The first kappa shape index (κ1) is 20.0. The van der Waals surface area contributed by atoms with Crippen LogP contribution in [0.3, 0.4) is 0 Å². The summed E-state index contributed by atoms with van der Waals surface area (Å²) in [4.78, 5) is 22.6. The van der Waals surface area contributed by atoms with E-state index in [0.717, 1.165) is 0 Å². The Balaban J connectivity index is 2.41. The number of amides is 1. The van der Waals surface area contributed by atoms with Crippen molar-refractivity contribution in [3.63, 3.8) is 0 Å². The first-order valence-electron chi connectivity index (χ1n) is 6.99. The third-order valence-corrected chi connectivity index (χ3v) is 3.80. The highest BCUT2D eigenvalue weighted by Gasteiger charge is 2.11. The Morgan fingerprint density at radius 2 is 2.00 bits per heavy atom. The van der Waals surface area contributed by atoms with Gasteiger partial charge in [0.15, 0.2) is 11.5 Å². The normalized spacial score (nSPS) is 10.4. The average molecular weight is 363 g/mol. The quantitative estimate of drug-likeness (QED) is 0.508. The van der Waals surface area contributed by atoms with Crippen molar-refractivity contribution in [1.82, 2.24) is 5.32 Å². The van der Waals surface area contributed by atoms with Gasteiger partial charge in [0.1, 0.15) is 0 Å². The van der Waals surface area contributed by atoms with Crippen molar-refractivity contribution < 1.29 is 32.6 Å². The van der Waals surface area contributed by atoms with Crippen LogP contribution in [0.5, 0.6) is 11.5 Å². The number of thioether (sulfide) groups is 1. The van der Waals surface area contributed by atoms with E-state index in [0.29, 0.717) is 11.3 Å². The number of benzene rings is 1. The van der Waals surface area contributed by atoms with E-state index in [-0.39, 0.29) is 42.1 Å². The second kappa shape index (κ2) is 10.7. The third kappa shape index (κ3) is 7.49. The van der Waals surface area contributed by atoms with Crippen molar-refractivity contribution in [2.24, 2.45) is 0 Å². The number of ether oxygens (including phenoxy) is 3. The van der Waals surface area contributed by atoms with Gasteiger partial charge in [-0.2, -0.15) is 20.5 Å². The molecule has 0 aliphatic rings. The monoisotopic (exact) mass is 363 g/mol. The van der Waals surface area contributed by atoms with Gasteiger partial charge >= 0.3 is 12.6 Å². The SMILES string of the molecule is COC(=O)CCSCC(=O)NCc1ccc(OC(F)F)c(OC)c1. The highest BCUT2D eigenvalue weighted by molar-refractivity contribution is 7.99. The van der Waals surface area contributed by atoms with Crippen molar-refractivity contribution >= 4 is 23.6 Å². The fraction of sp³-hybridized carbons (Fsp3) is 0.467. The molecule has 134 valence electrons. The Kier molecular flexibility index (Phi) is 8.92. The third-order valence-electron chi connectivity index (χ3n) is 2.85. The van der Waals surface area contributed by atoms with Crippen LogP contribution in [0.25, 0.3) is 0 Å². The van der Waals surface area contributed by atoms with Crippen LogP contribution < -0.4 is 14.8 Å². The molecule has 24 heavy (non-hydrogen) atoms. The number of esters is 1. The van der Waals surface area contributed by atoms with Gasteiger partial charge in [-0.3, -0.25) is 9.59 Å². The molecule has 0 spiro atoms. The minimum Gasteiger partial charge on any atom is -0.493 e. The minimum absolute atomic E-state index is 0.0686. The first-order valence-corrected chi connectivity index (χ1v) is 8.14. The predicted octanol–water partition coefficient (Wildman–Crippen LogP) is 2.21. The lowest BCUT2D eigenvalue weighted by molar-refractivity contribution is -0.140. The molecule has 6 nitrogen and oxygen atoms in total. The molecule has 0 saturated carbocycles. The molecule has 0 aliphatic carbocycles. The molecule has 9 heteroatoms. The van der Waals surface area contributed by atoms with E-state index in [4.69, 9.17) is 4.74 Å². The van der Waals surface area contributed by atoms with E-state index in [2.05, 4.69) is 14.8 Å². The van der Waals surface area contributed by atoms with E-state index in [9.17, 15) is 18.4 Å². The minimum atomic E-state index is -2.94. The van der Waals surface area contributed by atoms with Crippen molar-refractivity contribution in [1.29, 1.82) is 0 Å². The number of carbonyl (C=O) groups is 2. The molecular formula is C15H19F2NO5S. The number of hydrogen-bond donors (Lipinski definition) is 1. The molecule has 0 heterocycles. The highest BCUT2D eigenvalue weighted by Crippen LogP contribution is 2.29. The predicted molar refractivity (Wildman–Crippen MR) is 85.4 cm³/mol. The Hall–Kier alpha value is -2.03. The maximum Gasteiger partial charge on any atom is 0.387 e. The highest BCUT2D eigenvalue weighted by atomic mass is 32.2. The zero-order valence-electron chi connectivity index (χ0n) is 13.3. The Morgan fingerprint density at radius 1 is 1.25 bits per heavy atom. The smallest absolute Gasteiger partial charge is 0.387 e. The van der Waals surface area contributed by atoms with E-state index in [1.54, 1.807) is 6.07 Å². The number of methoxy groups -OCH3 is 2. The molecule has 0 atom stereocenters. The molecule has 0 aliphatic heterocycles. The van der Waals surface area contributed by atoms with E-state index >= 15 is 0 Å². The van der Waals surface area contributed by atoms with Crippen molar-refractivity contribution in [2.75, 3.05) is 25.7 Å². The van der Waals surface area contributed by atoms with Crippen LogP contribution in [0.15, 0.2) is 18.2 Å². The lowest BCUT2D eigenvalue weighted by Crippen LogP contribution is -2.24. The topological polar surface area (TPSA) is 73.9 Å². The number of rotatable bonds is 10. The molecule has 0 unspecified atom stereocenters. The van der Waals surface area contributed by atoms with Gasteiger partial charge in [0, 0.05) is 12.3 Å². The van der Waals surface area contributed by atoms with Crippen LogP contribution in [0, 0.1) is 0 Å². The number of hydrogen-bond acceptors (Lipinski definition) is 6. The average Bonchev–Trinajstić information content (AvgIpc) is 2.56. The number of alkyl halides is 2. The second-order valence-electron chi connectivity index (χ2n) is 4.52. The second-order valence-corrected chi connectivity index (χ2v) is 5.62. The Labute approximate surface area is 142 Å². The van der Waals surface area contributed by atoms with Crippen molar-refractivity contribution in [2.45, 2.75) is 19.6 Å². The molecule has 0 radical (unpaired) electrons. The van der Waals surface area contributed by atoms with Gasteiger partial charge < -0.3 is 19.5 Å². The van der Waals surface area contributed by atoms with Crippen LogP contribution in [0.4, 0.5) is 8.78 Å². The molecule has 0 fully saturated rings. The largest absolute Gasteiger partial charge is 0.493 e. The summed E-state index contributed by atoms with van der Waals surface area (Å²) in [7, 11) is 2.65. The molecule has 0 bridgehead atoms. The zero-order valence-corrected chi connectivity index (χ0v) is 14.2. The summed E-state index contributed by atoms with van der Waals surface area (Å²) in [5, 5.41) is 2.69. The van der Waals surface area contributed by atoms with Crippen LogP contribution in [0.2, 0.25) is 0 Å². The number of nitrogens with one attached hydrogen (secondary N) is 1. The fourth-order valence-corrected chi connectivity index (χ4v) is 2.43. The van der Waals surface area contributed by atoms with E-state index in [1.165, 1.54) is 38.1 Å². The standard InChI is InChI=1S/C15H19F2NO5S/c1-21-12-7-10(3-4-11(12)23-15(16)17)8-18-13(19)9-24-6-5-14(20)22-2/h3-4,7,15H,5-6,8-9H2,1-2H3,(H,18,19). The van der Waals surface area contributed by atoms with Gasteiger partial charge in [0.25, 0.3) is 0 Å². The number of halogens is 2. The Morgan fingerprint density at radius 3 is 2.62 bits per heavy atom. The van der Waals surface area contributed by atoms with Crippen molar-refractivity contribution in [3.8, 4) is 11.5 Å². The molecule has 0 aromatic heterocycles. The summed E-state index contributed by atoms with van der Waals surface area (Å²) in [5.74, 6) is 0.280. The van der Waals surface area contributed by atoms with Crippen LogP contribution >= 0.6 is 11.8 Å². The molecule has 1 aromatic carbocycles.